The zero-order chi connectivity index (χ0) is 24.5. The van der Waals surface area contributed by atoms with Crippen LogP contribution in [-0.4, -0.2) is 55.6 Å². The van der Waals surface area contributed by atoms with E-state index in [0.717, 1.165) is 30.4 Å². The Bertz CT molecular complexity index is 414. The number of nitrogens with one attached hydrogen (secondary N) is 1. The van der Waals surface area contributed by atoms with Gasteiger partial charge in [0.2, 0.25) is 5.91 Å². The van der Waals surface area contributed by atoms with Crippen LogP contribution < -0.4 is 5.32 Å². The van der Waals surface area contributed by atoms with E-state index in [0.29, 0.717) is 6.42 Å². The molecule has 0 atom stereocenters. The number of nitrogens with zero attached hydrogens (tertiary/aromatic N) is 1. The first-order chi connectivity index (χ1) is 16.0. The topological polar surface area (TPSA) is 29.1 Å². The van der Waals surface area contributed by atoms with E-state index in [-0.39, 0.29) is 5.91 Å². The molecule has 0 heterocycles. The van der Waals surface area contributed by atoms with Crippen LogP contribution in [0.5, 0.6) is 0 Å². The standard InChI is InChI=1S/C29H60N2OS/c1-5-7-8-9-10-14-17-20-27-33-28-21-18-15-12-11-13-16-19-23-29(32)30-24-22-26-31(3,4)25-6-2/h5-28H2,1-4H3/p+1. The lowest BCUT2D eigenvalue weighted by Crippen LogP contribution is -2.42. The molecular weight excluding hydrogens is 424 g/mol. The summed E-state index contributed by atoms with van der Waals surface area (Å²) in [5.74, 6) is 2.99. The van der Waals surface area contributed by atoms with Gasteiger partial charge >= 0.3 is 0 Å². The Hall–Kier alpha value is -0.220. The molecule has 0 aromatic heterocycles. The number of carbonyl (C=O) groups excluding carboxylic acids is 1. The lowest BCUT2D eigenvalue weighted by molar-refractivity contribution is -0.890. The van der Waals surface area contributed by atoms with Gasteiger partial charge in [-0.15, -0.1) is 0 Å². The van der Waals surface area contributed by atoms with E-state index in [1.807, 2.05) is 0 Å². The van der Waals surface area contributed by atoms with Gasteiger partial charge in [0.05, 0.1) is 27.2 Å². The fraction of sp³-hybridized carbons (Fsp3) is 0.966. The van der Waals surface area contributed by atoms with Crippen molar-refractivity contribution >= 4 is 17.7 Å². The molecule has 4 heteroatoms. The second kappa shape index (κ2) is 24.9. The molecule has 0 aromatic rings. The Morgan fingerprint density at radius 2 is 1.09 bits per heavy atom. The molecule has 0 radical (unpaired) electrons. The van der Waals surface area contributed by atoms with Crippen molar-refractivity contribution in [3.63, 3.8) is 0 Å². The van der Waals surface area contributed by atoms with Gasteiger partial charge in [-0.1, -0.05) is 97.3 Å². The summed E-state index contributed by atoms with van der Waals surface area (Å²) in [5.41, 5.74) is 0. The number of amides is 1. The number of rotatable bonds is 26. The second-order valence-corrected chi connectivity index (χ2v) is 12.0. The molecule has 0 fully saturated rings. The van der Waals surface area contributed by atoms with Crippen LogP contribution >= 0.6 is 11.8 Å². The lowest BCUT2D eigenvalue weighted by atomic mass is 10.1. The maximum atomic E-state index is 12.0. The van der Waals surface area contributed by atoms with Crippen molar-refractivity contribution < 1.29 is 9.28 Å². The molecule has 1 N–H and O–H groups in total. The van der Waals surface area contributed by atoms with Crippen LogP contribution in [0.25, 0.3) is 0 Å². The van der Waals surface area contributed by atoms with Crippen LogP contribution in [-0.2, 0) is 4.79 Å². The smallest absolute Gasteiger partial charge is 0.219 e. The van der Waals surface area contributed by atoms with Crippen molar-refractivity contribution in [3.8, 4) is 0 Å². The minimum atomic E-state index is 0.250. The molecule has 3 nitrogen and oxygen atoms in total. The van der Waals surface area contributed by atoms with E-state index >= 15 is 0 Å². The van der Waals surface area contributed by atoms with Crippen molar-refractivity contribution in [2.45, 2.75) is 136 Å². The Morgan fingerprint density at radius 1 is 0.606 bits per heavy atom. The fourth-order valence-electron chi connectivity index (χ4n) is 4.53. The summed E-state index contributed by atoms with van der Waals surface area (Å²) < 4.78 is 1.06. The highest BCUT2D eigenvalue weighted by Gasteiger charge is 2.12. The predicted octanol–water partition coefficient (Wildman–Crippen LogP) is 8.36. The zero-order valence-corrected chi connectivity index (χ0v) is 24.1. The lowest BCUT2D eigenvalue weighted by Gasteiger charge is -2.29. The first-order valence-electron chi connectivity index (χ1n) is 14.7. The van der Waals surface area contributed by atoms with Crippen LogP contribution in [0, 0.1) is 0 Å². The van der Waals surface area contributed by atoms with Crippen molar-refractivity contribution in [1.29, 1.82) is 0 Å². The summed E-state index contributed by atoms with van der Waals surface area (Å²) in [6, 6.07) is 0. The third-order valence-corrected chi connectivity index (χ3v) is 7.83. The molecule has 33 heavy (non-hydrogen) atoms. The summed E-state index contributed by atoms with van der Waals surface area (Å²) in [6.45, 7) is 7.72. The monoisotopic (exact) mass is 485 g/mol. The average molecular weight is 486 g/mol. The highest BCUT2D eigenvalue weighted by Crippen LogP contribution is 2.14. The van der Waals surface area contributed by atoms with Crippen LogP contribution in [0.15, 0.2) is 0 Å². The van der Waals surface area contributed by atoms with Crippen LogP contribution in [0.4, 0.5) is 0 Å². The van der Waals surface area contributed by atoms with Gasteiger partial charge in [0, 0.05) is 19.4 Å². The molecule has 0 aromatic carbocycles. The molecule has 0 aliphatic heterocycles. The van der Waals surface area contributed by atoms with Gasteiger partial charge in [-0.3, -0.25) is 4.79 Å². The quantitative estimate of drug-likeness (QED) is 0.0984. The van der Waals surface area contributed by atoms with Crippen molar-refractivity contribution in [3.05, 3.63) is 0 Å². The highest BCUT2D eigenvalue weighted by atomic mass is 32.2. The molecule has 0 saturated carbocycles. The first kappa shape index (κ1) is 32.8. The first-order valence-corrected chi connectivity index (χ1v) is 15.8. The van der Waals surface area contributed by atoms with Gasteiger partial charge in [0.15, 0.2) is 0 Å². The Labute approximate surface area is 213 Å². The summed E-state index contributed by atoms with van der Waals surface area (Å²) in [7, 11) is 4.56. The highest BCUT2D eigenvalue weighted by molar-refractivity contribution is 7.99. The number of quaternary nitrogens is 1. The molecule has 0 spiro atoms. The van der Waals surface area contributed by atoms with Gasteiger partial charge in [-0.25, -0.2) is 0 Å². The average Bonchev–Trinajstić information content (AvgIpc) is 2.78. The number of hydrogen-bond acceptors (Lipinski definition) is 2. The third-order valence-electron chi connectivity index (χ3n) is 6.68. The molecule has 0 unspecified atom stereocenters. The molecule has 0 bridgehead atoms. The Kier molecular flexibility index (Phi) is 24.7. The third kappa shape index (κ3) is 26.2. The van der Waals surface area contributed by atoms with Crippen LogP contribution in [0.3, 0.4) is 0 Å². The van der Waals surface area contributed by atoms with Crippen molar-refractivity contribution in [1.82, 2.24) is 5.32 Å². The van der Waals surface area contributed by atoms with Gasteiger partial charge < -0.3 is 9.80 Å². The summed E-state index contributed by atoms with van der Waals surface area (Å²) >= 11 is 2.17. The van der Waals surface area contributed by atoms with Gasteiger partial charge in [0.1, 0.15) is 0 Å². The van der Waals surface area contributed by atoms with E-state index in [9.17, 15) is 4.79 Å². The van der Waals surface area contributed by atoms with Crippen LogP contribution in [0.1, 0.15) is 136 Å². The molecule has 0 saturated heterocycles. The maximum Gasteiger partial charge on any atom is 0.219 e. The number of hydrogen-bond donors (Lipinski definition) is 1. The van der Waals surface area contributed by atoms with E-state index in [1.54, 1.807) is 0 Å². The molecule has 1 amide bonds. The van der Waals surface area contributed by atoms with E-state index in [1.165, 1.54) is 121 Å². The maximum absolute atomic E-state index is 12.0. The van der Waals surface area contributed by atoms with E-state index < -0.39 is 0 Å². The summed E-state index contributed by atoms with van der Waals surface area (Å²) in [5, 5.41) is 3.11. The largest absolute Gasteiger partial charge is 0.356 e. The molecule has 0 aliphatic rings. The Morgan fingerprint density at radius 3 is 1.61 bits per heavy atom. The van der Waals surface area contributed by atoms with Gasteiger partial charge in [-0.2, -0.15) is 11.8 Å². The number of carbonyl (C=O) groups is 1. The minimum Gasteiger partial charge on any atom is -0.356 e. The van der Waals surface area contributed by atoms with E-state index in [4.69, 9.17) is 0 Å². The SMILES string of the molecule is CCCCCCCCCCSCCCCCCCCCCC(=O)NCCC[N+](C)(C)CCC. The number of unbranched alkanes of at least 4 members (excludes halogenated alkanes) is 14. The zero-order valence-electron chi connectivity index (χ0n) is 23.2. The molecule has 0 rings (SSSR count). The van der Waals surface area contributed by atoms with Crippen LogP contribution in [0.2, 0.25) is 0 Å². The normalized spacial score (nSPS) is 11.8. The molecule has 0 aliphatic carbocycles. The molecule has 198 valence electrons. The van der Waals surface area contributed by atoms with Crippen molar-refractivity contribution in [2.24, 2.45) is 0 Å². The summed E-state index contributed by atoms with van der Waals surface area (Å²) in [6.07, 6.45) is 24.9. The van der Waals surface area contributed by atoms with Crippen molar-refractivity contribution in [2.75, 3.05) is 45.2 Å². The number of thioether (sulfide) groups is 1. The van der Waals surface area contributed by atoms with E-state index in [2.05, 4.69) is 45.0 Å². The Balaban J connectivity index is 3.21. The predicted molar refractivity (Wildman–Crippen MR) is 151 cm³/mol. The summed E-state index contributed by atoms with van der Waals surface area (Å²) in [4.78, 5) is 12.0. The van der Waals surface area contributed by atoms with Gasteiger partial charge in [0.25, 0.3) is 0 Å². The molecular formula is C29H61N2OS+. The second-order valence-electron chi connectivity index (χ2n) is 10.8. The van der Waals surface area contributed by atoms with Gasteiger partial charge in [-0.05, 0) is 37.2 Å². The minimum absolute atomic E-state index is 0.250. The fourth-order valence-corrected chi connectivity index (χ4v) is 5.55.